The molecule has 180 valence electrons. The van der Waals surface area contributed by atoms with Crippen LogP contribution in [0.25, 0.3) is 0 Å². The molecular weight excluding hydrogens is 416 g/mol. The summed E-state index contributed by atoms with van der Waals surface area (Å²) in [6.45, 7) is 4.56. The van der Waals surface area contributed by atoms with Crippen LogP contribution in [0.4, 0.5) is 0 Å². The lowest BCUT2D eigenvalue weighted by Gasteiger charge is -2.40. The molecule has 6 nitrogen and oxygen atoms in total. The number of amides is 1. The van der Waals surface area contributed by atoms with Gasteiger partial charge in [-0.2, -0.15) is 0 Å². The third-order valence-corrected chi connectivity index (χ3v) is 7.83. The fraction of sp³-hybridized carbons (Fsp3) is 0.667. The summed E-state index contributed by atoms with van der Waals surface area (Å²) in [4.78, 5) is 18.0. The highest BCUT2D eigenvalue weighted by molar-refractivity contribution is 5.91. The number of allylic oxidation sites excluding steroid dienone is 1. The number of ether oxygens (including phenoxy) is 2. The Kier molecular flexibility index (Phi) is 7.34. The minimum absolute atomic E-state index is 0.0401. The molecule has 33 heavy (non-hydrogen) atoms. The fourth-order valence-electron chi connectivity index (χ4n) is 5.59. The van der Waals surface area contributed by atoms with E-state index in [2.05, 4.69) is 11.0 Å². The van der Waals surface area contributed by atoms with Crippen LogP contribution in [0, 0.1) is 11.8 Å². The zero-order valence-corrected chi connectivity index (χ0v) is 19.7. The van der Waals surface area contributed by atoms with Crippen LogP contribution in [-0.4, -0.2) is 59.3 Å². The molecular formula is C27H38N2O4. The number of likely N-dealkylation sites (tertiary alicyclic amines) is 2. The molecule has 3 heterocycles. The lowest BCUT2D eigenvalue weighted by molar-refractivity contribution is -0.160. The van der Waals surface area contributed by atoms with E-state index in [-0.39, 0.29) is 18.8 Å². The van der Waals surface area contributed by atoms with Crippen molar-refractivity contribution in [3.63, 3.8) is 0 Å². The van der Waals surface area contributed by atoms with E-state index in [9.17, 15) is 9.90 Å². The maximum atomic E-state index is 13.4. The molecule has 1 saturated carbocycles. The normalized spacial score (nSPS) is 27.2. The Bertz CT molecular complexity index is 821. The Morgan fingerprint density at radius 2 is 1.67 bits per heavy atom. The van der Waals surface area contributed by atoms with E-state index in [0.717, 1.165) is 43.5 Å². The van der Waals surface area contributed by atoms with Gasteiger partial charge in [-0.1, -0.05) is 30.7 Å². The van der Waals surface area contributed by atoms with Crippen molar-refractivity contribution >= 4 is 5.91 Å². The Morgan fingerprint density at radius 3 is 2.33 bits per heavy atom. The Balaban J connectivity index is 1.17. The average molecular weight is 455 g/mol. The maximum absolute atomic E-state index is 13.4. The van der Waals surface area contributed by atoms with Crippen LogP contribution in [0.2, 0.25) is 0 Å². The van der Waals surface area contributed by atoms with Gasteiger partial charge in [0.05, 0.1) is 13.2 Å². The molecule has 0 unspecified atom stereocenters. The number of benzene rings is 1. The third kappa shape index (κ3) is 5.79. The molecule has 6 heteroatoms. The first-order chi connectivity index (χ1) is 16.2. The number of hydrogen-bond acceptors (Lipinski definition) is 5. The highest BCUT2D eigenvalue weighted by atomic mass is 16.7. The topological polar surface area (TPSA) is 62.2 Å². The van der Waals surface area contributed by atoms with Crippen molar-refractivity contribution in [3.8, 4) is 0 Å². The van der Waals surface area contributed by atoms with Crippen LogP contribution < -0.4 is 0 Å². The molecule has 3 aliphatic heterocycles. The molecule has 0 radical (unpaired) electrons. The van der Waals surface area contributed by atoms with E-state index in [1.165, 1.54) is 45.2 Å². The second-order valence-electron chi connectivity index (χ2n) is 10.2. The predicted molar refractivity (Wildman–Crippen MR) is 126 cm³/mol. The van der Waals surface area contributed by atoms with Crippen LogP contribution in [0.1, 0.15) is 62.5 Å². The third-order valence-electron chi connectivity index (χ3n) is 7.83. The van der Waals surface area contributed by atoms with E-state index >= 15 is 0 Å². The zero-order valence-electron chi connectivity index (χ0n) is 19.7. The average Bonchev–Trinajstić information content (AvgIpc) is 3.74. The number of aliphatic hydroxyl groups is 1. The van der Waals surface area contributed by atoms with E-state index in [1.807, 2.05) is 29.2 Å². The Labute approximate surface area is 197 Å². The van der Waals surface area contributed by atoms with Gasteiger partial charge in [0, 0.05) is 25.6 Å². The van der Waals surface area contributed by atoms with E-state index < -0.39 is 0 Å². The molecule has 3 fully saturated rings. The van der Waals surface area contributed by atoms with Gasteiger partial charge in [-0.25, -0.2) is 0 Å². The number of aliphatic hydroxyl groups excluding tert-OH is 1. The van der Waals surface area contributed by atoms with E-state index in [1.54, 1.807) is 0 Å². The van der Waals surface area contributed by atoms with E-state index in [4.69, 9.17) is 9.47 Å². The molecule has 1 amide bonds. The second kappa shape index (κ2) is 10.6. The zero-order chi connectivity index (χ0) is 22.6. The predicted octanol–water partition coefficient (Wildman–Crippen LogP) is 3.83. The van der Waals surface area contributed by atoms with Crippen LogP contribution in [0.3, 0.4) is 0 Å². The van der Waals surface area contributed by atoms with Crippen molar-refractivity contribution in [2.75, 3.05) is 26.2 Å². The largest absolute Gasteiger partial charge is 0.459 e. The van der Waals surface area contributed by atoms with Gasteiger partial charge in [-0.3, -0.25) is 4.79 Å². The van der Waals surface area contributed by atoms with Gasteiger partial charge in [0.25, 0.3) is 5.91 Å². The van der Waals surface area contributed by atoms with Gasteiger partial charge in [0.1, 0.15) is 0 Å². The summed E-state index contributed by atoms with van der Waals surface area (Å²) < 4.78 is 12.2. The van der Waals surface area contributed by atoms with Crippen LogP contribution >= 0.6 is 0 Å². The quantitative estimate of drug-likeness (QED) is 0.679. The minimum atomic E-state index is -0.386. The van der Waals surface area contributed by atoms with Crippen LogP contribution in [0.5, 0.6) is 0 Å². The van der Waals surface area contributed by atoms with E-state index in [0.29, 0.717) is 30.2 Å². The molecule has 1 aromatic rings. The maximum Gasteiger partial charge on any atom is 0.288 e. The molecule has 1 aliphatic carbocycles. The van der Waals surface area contributed by atoms with Crippen molar-refractivity contribution in [2.24, 2.45) is 11.8 Å². The first kappa shape index (κ1) is 22.9. The Morgan fingerprint density at radius 1 is 0.970 bits per heavy atom. The van der Waals surface area contributed by atoms with Gasteiger partial charge in [-0.05, 0) is 80.7 Å². The summed E-state index contributed by atoms with van der Waals surface area (Å²) in [6.07, 6.45) is 11.1. The van der Waals surface area contributed by atoms with Crippen LogP contribution in [-0.2, 0) is 27.5 Å². The van der Waals surface area contributed by atoms with Crippen molar-refractivity contribution < 1.29 is 19.4 Å². The summed E-state index contributed by atoms with van der Waals surface area (Å²) >= 11 is 0. The smallest absolute Gasteiger partial charge is 0.288 e. The number of carbonyl (C=O) groups is 1. The van der Waals surface area contributed by atoms with Crippen molar-refractivity contribution in [3.05, 3.63) is 47.2 Å². The van der Waals surface area contributed by atoms with Crippen molar-refractivity contribution in [2.45, 2.75) is 76.9 Å². The number of nitrogens with zero attached hydrogens (tertiary/aromatic N) is 2. The summed E-state index contributed by atoms with van der Waals surface area (Å²) in [6, 6.07) is 8.40. The highest BCUT2D eigenvalue weighted by Gasteiger charge is 2.38. The minimum Gasteiger partial charge on any atom is -0.459 e. The Hall–Kier alpha value is -1.89. The second-order valence-corrected chi connectivity index (χ2v) is 10.2. The van der Waals surface area contributed by atoms with Gasteiger partial charge in [0.2, 0.25) is 6.29 Å². The summed E-state index contributed by atoms with van der Waals surface area (Å²) in [5.41, 5.74) is 1.93. The van der Waals surface area contributed by atoms with Crippen molar-refractivity contribution in [1.82, 2.24) is 9.80 Å². The highest BCUT2D eigenvalue weighted by Crippen LogP contribution is 2.43. The number of rotatable bonds is 7. The SMILES string of the molecule is O=C(C1=C[C@@H](C2CC2)C[C@@H](OCc2ccc(CO)cc2)O1)N1CCC(N2CCCCC2)CC1. The number of hydrogen-bond donors (Lipinski definition) is 1. The summed E-state index contributed by atoms with van der Waals surface area (Å²) in [7, 11) is 0. The molecule has 0 spiro atoms. The lowest BCUT2D eigenvalue weighted by Crippen LogP contribution is -2.49. The van der Waals surface area contributed by atoms with Gasteiger partial charge >= 0.3 is 0 Å². The molecule has 5 rings (SSSR count). The molecule has 0 bridgehead atoms. The lowest BCUT2D eigenvalue weighted by atomic mass is 9.95. The molecule has 4 aliphatic rings. The monoisotopic (exact) mass is 454 g/mol. The first-order valence-corrected chi connectivity index (χ1v) is 12.9. The first-order valence-electron chi connectivity index (χ1n) is 12.9. The van der Waals surface area contributed by atoms with Crippen molar-refractivity contribution in [1.29, 1.82) is 0 Å². The molecule has 2 atom stereocenters. The van der Waals surface area contributed by atoms with Gasteiger partial charge in [-0.15, -0.1) is 0 Å². The summed E-state index contributed by atoms with van der Waals surface area (Å²) in [5.74, 6) is 1.57. The standard InChI is InChI=1S/C27H38N2O4/c30-18-20-4-6-21(7-5-20)19-32-26-17-23(22-8-9-22)16-25(33-26)27(31)29-14-10-24(11-15-29)28-12-2-1-3-13-28/h4-7,16,22-24,26,30H,1-3,8-15,17-19H2/t23-,26+/m1/s1. The molecule has 1 N–H and O–H groups in total. The molecule has 1 aromatic carbocycles. The number of piperidine rings is 2. The number of carbonyl (C=O) groups excluding carboxylic acids is 1. The molecule has 0 aromatic heterocycles. The van der Waals surface area contributed by atoms with Gasteiger partial charge < -0.3 is 24.4 Å². The molecule has 2 saturated heterocycles. The van der Waals surface area contributed by atoms with Crippen LogP contribution in [0.15, 0.2) is 36.1 Å². The van der Waals surface area contributed by atoms with Gasteiger partial charge in [0.15, 0.2) is 5.76 Å². The summed E-state index contributed by atoms with van der Waals surface area (Å²) in [5, 5.41) is 9.22. The fourth-order valence-corrected chi connectivity index (χ4v) is 5.59.